The summed E-state index contributed by atoms with van der Waals surface area (Å²) in [4.78, 5) is 2.09. The van der Waals surface area contributed by atoms with Crippen LogP contribution in [0.3, 0.4) is 0 Å². The Labute approximate surface area is 106 Å². The van der Waals surface area contributed by atoms with Crippen LogP contribution in [0.2, 0.25) is 0 Å². The van der Waals surface area contributed by atoms with E-state index in [1.165, 1.54) is 12.1 Å². The second-order valence-corrected chi connectivity index (χ2v) is 4.74. The van der Waals surface area contributed by atoms with E-state index in [1.54, 1.807) is 6.07 Å². The molecule has 1 aromatic rings. The molecule has 1 aromatic carbocycles. The number of nitrogens with one attached hydrogen (secondary N) is 1. The monoisotopic (exact) mass is 251 g/mol. The molecule has 2 atom stereocenters. The standard InChI is InChI=1S/C13H18FN3O/c1-8-6-17(7-9(2)18-8)12-4-3-10(14)5-11(12)13(15)16/h3-5,8-9H,6-7H2,1-2H3,(H3,15,16)/t8-,9+. The second kappa shape index (κ2) is 4.94. The van der Waals surface area contributed by atoms with Crippen molar-refractivity contribution >= 4 is 11.5 Å². The molecule has 1 fully saturated rings. The first-order valence-electron chi connectivity index (χ1n) is 6.01. The first-order chi connectivity index (χ1) is 8.47. The number of hydrogen-bond acceptors (Lipinski definition) is 3. The highest BCUT2D eigenvalue weighted by Crippen LogP contribution is 2.25. The van der Waals surface area contributed by atoms with Gasteiger partial charge in [-0.3, -0.25) is 5.41 Å². The molecule has 1 aliphatic heterocycles. The van der Waals surface area contributed by atoms with Gasteiger partial charge in [-0.1, -0.05) is 0 Å². The number of nitrogen functional groups attached to an aromatic ring is 1. The molecule has 0 radical (unpaired) electrons. The fourth-order valence-corrected chi connectivity index (χ4v) is 2.37. The van der Waals surface area contributed by atoms with Crippen LogP contribution >= 0.6 is 0 Å². The Morgan fingerprint density at radius 1 is 1.39 bits per heavy atom. The van der Waals surface area contributed by atoms with Crippen molar-refractivity contribution in [2.45, 2.75) is 26.1 Å². The predicted octanol–water partition coefficient (Wildman–Crippen LogP) is 1.72. The molecule has 0 aliphatic carbocycles. The van der Waals surface area contributed by atoms with E-state index in [1.807, 2.05) is 13.8 Å². The molecule has 0 bridgehead atoms. The zero-order chi connectivity index (χ0) is 13.3. The normalized spacial score (nSPS) is 24.1. The van der Waals surface area contributed by atoms with E-state index in [-0.39, 0.29) is 23.9 Å². The van der Waals surface area contributed by atoms with Gasteiger partial charge in [0.2, 0.25) is 0 Å². The van der Waals surface area contributed by atoms with Crippen LogP contribution in [-0.4, -0.2) is 31.1 Å². The molecule has 0 amide bonds. The molecule has 18 heavy (non-hydrogen) atoms. The number of amidine groups is 1. The number of nitrogens with two attached hydrogens (primary N) is 1. The Hall–Kier alpha value is -1.62. The minimum atomic E-state index is -0.377. The first-order valence-corrected chi connectivity index (χ1v) is 6.01. The molecule has 1 heterocycles. The van der Waals surface area contributed by atoms with Gasteiger partial charge in [-0.15, -0.1) is 0 Å². The third-order valence-electron chi connectivity index (χ3n) is 3.01. The van der Waals surface area contributed by atoms with Crippen LogP contribution in [0.15, 0.2) is 18.2 Å². The molecule has 1 aliphatic rings. The average Bonchev–Trinajstić information content (AvgIpc) is 2.27. The molecule has 0 saturated carbocycles. The van der Waals surface area contributed by atoms with Crippen molar-refractivity contribution in [2.24, 2.45) is 5.73 Å². The van der Waals surface area contributed by atoms with Crippen LogP contribution in [0, 0.1) is 11.2 Å². The number of rotatable bonds is 2. The average molecular weight is 251 g/mol. The summed E-state index contributed by atoms with van der Waals surface area (Å²) in [6.07, 6.45) is 0.220. The summed E-state index contributed by atoms with van der Waals surface area (Å²) in [5, 5.41) is 7.55. The SMILES string of the molecule is C[C@@H]1CN(c2ccc(F)cc2C(=N)N)C[C@H](C)O1. The van der Waals surface area contributed by atoms with Crippen molar-refractivity contribution in [3.8, 4) is 0 Å². The maximum atomic E-state index is 13.2. The maximum Gasteiger partial charge on any atom is 0.125 e. The van der Waals surface area contributed by atoms with Crippen LogP contribution in [0.25, 0.3) is 0 Å². The topological polar surface area (TPSA) is 62.3 Å². The van der Waals surface area contributed by atoms with E-state index in [0.717, 1.165) is 18.8 Å². The number of nitrogens with zero attached hydrogens (tertiary/aromatic N) is 1. The highest BCUT2D eigenvalue weighted by atomic mass is 19.1. The highest BCUT2D eigenvalue weighted by Gasteiger charge is 2.24. The molecule has 0 spiro atoms. The van der Waals surface area contributed by atoms with E-state index in [9.17, 15) is 4.39 Å². The molecule has 5 heteroatoms. The van der Waals surface area contributed by atoms with Crippen LogP contribution in [0.1, 0.15) is 19.4 Å². The van der Waals surface area contributed by atoms with Crippen molar-refractivity contribution in [2.75, 3.05) is 18.0 Å². The van der Waals surface area contributed by atoms with Crippen molar-refractivity contribution in [3.05, 3.63) is 29.6 Å². The van der Waals surface area contributed by atoms with E-state index in [4.69, 9.17) is 15.9 Å². The molecule has 0 unspecified atom stereocenters. The lowest BCUT2D eigenvalue weighted by Gasteiger charge is -2.37. The van der Waals surface area contributed by atoms with Crippen molar-refractivity contribution in [1.82, 2.24) is 0 Å². The number of benzene rings is 1. The van der Waals surface area contributed by atoms with E-state index >= 15 is 0 Å². The molecular formula is C13H18FN3O. The number of hydrogen-bond donors (Lipinski definition) is 2. The highest BCUT2D eigenvalue weighted by molar-refractivity contribution is 6.00. The largest absolute Gasteiger partial charge is 0.384 e. The quantitative estimate of drug-likeness (QED) is 0.621. The summed E-state index contributed by atoms with van der Waals surface area (Å²) >= 11 is 0. The molecule has 0 aromatic heterocycles. The summed E-state index contributed by atoms with van der Waals surface area (Å²) in [7, 11) is 0. The van der Waals surface area contributed by atoms with E-state index in [0.29, 0.717) is 5.56 Å². The molecule has 4 nitrogen and oxygen atoms in total. The van der Waals surface area contributed by atoms with E-state index in [2.05, 4.69) is 4.90 Å². The molecular weight excluding hydrogens is 233 g/mol. The number of anilines is 1. The Kier molecular flexibility index (Phi) is 3.52. The summed E-state index contributed by atoms with van der Waals surface area (Å²) in [6, 6.07) is 4.38. The molecule has 3 N–H and O–H groups in total. The van der Waals surface area contributed by atoms with Gasteiger partial charge in [0.25, 0.3) is 0 Å². The van der Waals surface area contributed by atoms with Crippen LogP contribution in [-0.2, 0) is 4.74 Å². The van der Waals surface area contributed by atoms with Crippen LogP contribution in [0.4, 0.5) is 10.1 Å². The van der Waals surface area contributed by atoms with Gasteiger partial charge in [-0.05, 0) is 32.0 Å². The van der Waals surface area contributed by atoms with Crippen LogP contribution in [0.5, 0.6) is 0 Å². The minimum Gasteiger partial charge on any atom is -0.384 e. The Bertz CT molecular complexity index is 454. The van der Waals surface area contributed by atoms with E-state index < -0.39 is 0 Å². The van der Waals surface area contributed by atoms with Crippen LogP contribution < -0.4 is 10.6 Å². The Morgan fingerprint density at radius 3 is 2.56 bits per heavy atom. The Balaban J connectivity index is 2.35. The summed E-state index contributed by atoms with van der Waals surface area (Å²) < 4.78 is 18.9. The van der Waals surface area contributed by atoms with Gasteiger partial charge in [0.05, 0.1) is 12.2 Å². The smallest absolute Gasteiger partial charge is 0.125 e. The van der Waals surface area contributed by atoms with Crippen molar-refractivity contribution in [1.29, 1.82) is 5.41 Å². The zero-order valence-corrected chi connectivity index (χ0v) is 10.6. The lowest BCUT2D eigenvalue weighted by atomic mass is 10.1. The van der Waals surface area contributed by atoms with Gasteiger partial charge in [0.15, 0.2) is 0 Å². The molecule has 1 saturated heterocycles. The lowest BCUT2D eigenvalue weighted by Crippen LogP contribution is -2.46. The summed E-state index contributed by atoms with van der Waals surface area (Å²) in [6.45, 7) is 5.44. The molecule has 98 valence electrons. The van der Waals surface area contributed by atoms with Gasteiger partial charge < -0.3 is 15.4 Å². The number of halogens is 1. The van der Waals surface area contributed by atoms with Crippen molar-refractivity contribution in [3.63, 3.8) is 0 Å². The third kappa shape index (κ3) is 2.61. The van der Waals surface area contributed by atoms with Gasteiger partial charge in [0.1, 0.15) is 11.7 Å². The third-order valence-corrected chi connectivity index (χ3v) is 3.01. The summed E-state index contributed by atoms with van der Waals surface area (Å²) in [5.41, 5.74) is 6.76. The van der Waals surface area contributed by atoms with Crippen molar-refractivity contribution < 1.29 is 9.13 Å². The number of ether oxygens (including phenoxy) is 1. The Morgan fingerprint density at radius 2 is 2.00 bits per heavy atom. The lowest BCUT2D eigenvalue weighted by molar-refractivity contribution is -0.00522. The van der Waals surface area contributed by atoms with Gasteiger partial charge >= 0.3 is 0 Å². The minimum absolute atomic E-state index is 0.110. The van der Waals surface area contributed by atoms with Gasteiger partial charge in [0, 0.05) is 24.3 Å². The maximum absolute atomic E-state index is 13.2. The van der Waals surface area contributed by atoms with Gasteiger partial charge in [-0.25, -0.2) is 4.39 Å². The first kappa shape index (κ1) is 12.8. The van der Waals surface area contributed by atoms with Gasteiger partial charge in [-0.2, -0.15) is 0 Å². The fourth-order valence-electron chi connectivity index (χ4n) is 2.37. The predicted molar refractivity (Wildman–Crippen MR) is 69.6 cm³/mol. The fraction of sp³-hybridized carbons (Fsp3) is 0.462. The second-order valence-electron chi connectivity index (χ2n) is 4.74. The summed E-state index contributed by atoms with van der Waals surface area (Å²) in [5.74, 6) is -0.491. The molecule has 2 rings (SSSR count). The zero-order valence-electron chi connectivity index (χ0n) is 10.6. The number of morpholine rings is 1.